The number of fused-ring (bicyclic) bond motifs is 1. The summed E-state index contributed by atoms with van der Waals surface area (Å²) < 4.78 is 0. The van der Waals surface area contributed by atoms with Crippen LogP contribution in [0.2, 0.25) is 0 Å². The van der Waals surface area contributed by atoms with E-state index in [9.17, 15) is 0 Å². The molecule has 2 heteroatoms. The van der Waals surface area contributed by atoms with Crippen molar-refractivity contribution in [3.05, 3.63) is 48.0 Å². The average molecular weight is 250 g/mol. The summed E-state index contributed by atoms with van der Waals surface area (Å²) in [7, 11) is 2.11. The van der Waals surface area contributed by atoms with Gasteiger partial charge < -0.3 is 4.90 Å². The first-order valence-corrected chi connectivity index (χ1v) is 6.79. The predicted molar refractivity (Wildman–Crippen MR) is 77.6 cm³/mol. The van der Waals surface area contributed by atoms with E-state index in [0.717, 1.165) is 25.9 Å². The zero-order valence-corrected chi connectivity index (χ0v) is 11.3. The van der Waals surface area contributed by atoms with Crippen LogP contribution in [0.4, 0.5) is 0 Å². The first kappa shape index (κ1) is 12.2. The lowest BCUT2D eigenvalue weighted by atomic mass is 10.0. The smallest absolute Gasteiger partial charge is 0.0703 e. The normalized spacial score (nSPS) is 16.5. The fourth-order valence-electron chi connectivity index (χ4n) is 2.75. The molecule has 19 heavy (non-hydrogen) atoms. The van der Waals surface area contributed by atoms with E-state index in [1.165, 1.54) is 16.3 Å². The number of hydrogen-bond donors (Lipinski definition) is 0. The van der Waals surface area contributed by atoms with Crippen molar-refractivity contribution in [1.82, 2.24) is 4.90 Å². The van der Waals surface area contributed by atoms with Gasteiger partial charge in [0.15, 0.2) is 0 Å². The van der Waals surface area contributed by atoms with E-state index >= 15 is 0 Å². The number of rotatable bonds is 4. The Kier molecular flexibility index (Phi) is 3.00. The van der Waals surface area contributed by atoms with Crippen LogP contribution in [0.1, 0.15) is 18.4 Å². The third-order valence-electron chi connectivity index (χ3n) is 3.98. The van der Waals surface area contributed by atoms with Crippen LogP contribution in [0, 0.1) is 16.7 Å². The van der Waals surface area contributed by atoms with Crippen LogP contribution in [0.15, 0.2) is 42.5 Å². The molecule has 1 aliphatic rings. The molecule has 0 atom stereocenters. The molecular weight excluding hydrogens is 232 g/mol. The Bertz CT molecular complexity index is 630. The van der Waals surface area contributed by atoms with Crippen LogP contribution >= 0.6 is 0 Å². The van der Waals surface area contributed by atoms with Crippen molar-refractivity contribution in [3.63, 3.8) is 0 Å². The monoisotopic (exact) mass is 250 g/mol. The van der Waals surface area contributed by atoms with E-state index in [-0.39, 0.29) is 5.41 Å². The second kappa shape index (κ2) is 4.68. The zero-order valence-electron chi connectivity index (χ0n) is 11.3. The quantitative estimate of drug-likeness (QED) is 0.829. The molecule has 1 saturated carbocycles. The van der Waals surface area contributed by atoms with Crippen molar-refractivity contribution in [1.29, 1.82) is 5.26 Å². The molecule has 0 saturated heterocycles. The Morgan fingerprint density at radius 2 is 1.89 bits per heavy atom. The summed E-state index contributed by atoms with van der Waals surface area (Å²) >= 11 is 0. The van der Waals surface area contributed by atoms with Gasteiger partial charge in [0.05, 0.1) is 11.5 Å². The van der Waals surface area contributed by atoms with Gasteiger partial charge in [-0.1, -0.05) is 42.5 Å². The number of hydrogen-bond acceptors (Lipinski definition) is 2. The zero-order chi connectivity index (χ0) is 13.3. The van der Waals surface area contributed by atoms with Crippen LogP contribution in [-0.4, -0.2) is 18.5 Å². The van der Waals surface area contributed by atoms with Crippen LogP contribution in [0.5, 0.6) is 0 Å². The molecule has 0 unspecified atom stereocenters. The molecule has 0 aliphatic heterocycles. The van der Waals surface area contributed by atoms with Crippen molar-refractivity contribution in [2.24, 2.45) is 5.41 Å². The standard InChI is InChI=1S/C17H18N2/c1-19(13-17(12-18)9-10-17)11-15-7-4-6-14-5-2-3-8-16(14)15/h2-8H,9-11,13H2,1H3. The fourth-order valence-corrected chi connectivity index (χ4v) is 2.75. The highest BCUT2D eigenvalue weighted by molar-refractivity contribution is 5.85. The van der Waals surface area contributed by atoms with Gasteiger partial charge in [-0.05, 0) is 36.2 Å². The molecular formula is C17H18N2. The molecule has 0 aromatic heterocycles. The SMILES string of the molecule is CN(Cc1cccc2ccccc12)CC1(C#N)CC1. The van der Waals surface area contributed by atoms with Crippen molar-refractivity contribution >= 4 is 10.8 Å². The summed E-state index contributed by atoms with van der Waals surface area (Å²) in [5.41, 5.74) is 1.29. The van der Waals surface area contributed by atoms with Gasteiger partial charge >= 0.3 is 0 Å². The Morgan fingerprint density at radius 1 is 1.16 bits per heavy atom. The summed E-state index contributed by atoms with van der Waals surface area (Å²) in [6, 6.07) is 17.4. The van der Waals surface area contributed by atoms with Gasteiger partial charge in [-0.2, -0.15) is 5.26 Å². The molecule has 1 fully saturated rings. The lowest BCUT2D eigenvalue weighted by Crippen LogP contribution is -2.25. The van der Waals surface area contributed by atoms with Gasteiger partial charge in [0, 0.05) is 13.1 Å². The molecule has 0 amide bonds. The summed E-state index contributed by atoms with van der Waals surface area (Å²) in [5.74, 6) is 0. The first-order chi connectivity index (χ1) is 9.22. The third kappa shape index (κ3) is 2.47. The van der Waals surface area contributed by atoms with E-state index in [4.69, 9.17) is 5.26 Å². The van der Waals surface area contributed by atoms with Gasteiger partial charge in [0.25, 0.3) is 0 Å². The maximum atomic E-state index is 9.17. The molecule has 2 aromatic rings. The maximum Gasteiger partial charge on any atom is 0.0703 e. The van der Waals surface area contributed by atoms with Crippen molar-refractivity contribution in [3.8, 4) is 6.07 Å². The summed E-state index contributed by atoms with van der Waals surface area (Å²) in [6.07, 6.45) is 2.12. The summed E-state index contributed by atoms with van der Waals surface area (Å²) in [6.45, 7) is 1.79. The lowest BCUT2D eigenvalue weighted by molar-refractivity contribution is 0.287. The maximum absolute atomic E-state index is 9.17. The molecule has 0 spiro atoms. The molecule has 2 nitrogen and oxygen atoms in total. The van der Waals surface area contributed by atoms with Gasteiger partial charge in [-0.25, -0.2) is 0 Å². The Balaban J connectivity index is 1.80. The summed E-state index contributed by atoms with van der Waals surface area (Å²) in [4.78, 5) is 2.28. The number of nitrogens with zero attached hydrogens (tertiary/aromatic N) is 2. The lowest BCUT2D eigenvalue weighted by Gasteiger charge is -2.20. The third-order valence-corrected chi connectivity index (χ3v) is 3.98. The molecule has 0 bridgehead atoms. The Hall–Kier alpha value is -1.85. The molecule has 0 heterocycles. The second-order valence-corrected chi connectivity index (χ2v) is 5.70. The van der Waals surface area contributed by atoms with Gasteiger partial charge in [0.1, 0.15) is 0 Å². The largest absolute Gasteiger partial charge is 0.301 e. The fraction of sp³-hybridized carbons (Fsp3) is 0.353. The molecule has 2 aromatic carbocycles. The number of benzene rings is 2. The minimum atomic E-state index is -0.0562. The van der Waals surface area contributed by atoms with E-state index in [1.54, 1.807) is 0 Å². The minimum absolute atomic E-state index is 0.0562. The topological polar surface area (TPSA) is 27.0 Å². The van der Waals surface area contributed by atoms with Crippen molar-refractivity contribution < 1.29 is 0 Å². The van der Waals surface area contributed by atoms with Crippen LogP contribution in [0.25, 0.3) is 10.8 Å². The highest BCUT2D eigenvalue weighted by Gasteiger charge is 2.43. The Morgan fingerprint density at radius 3 is 2.63 bits per heavy atom. The van der Waals surface area contributed by atoms with Crippen LogP contribution in [0.3, 0.4) is 0 Å². The number of nitriles is 1. The van der Waals surface area contributed by atoms with E-state index < -0.39 is 0 Å². The van der Waals surface area contributed by atoms with Crippen LogP contribution in [-0.2, 0) is 6.54 Å². The molecule has 96 valence electrons. The molecule has 3 rings (SSSR count). The van der Waals surface area contributed by atoms with Crippen molar-refractivity contribution in [2.75, 3.05) is 13.6 Å². The first-order valence-electron chi connectivity index (χ1n) is 6.79. The second-order valence-electron chi connectivity index (χ2n) is 5.70. The summed E-state index contributed by atoms with van der Waals surface area (Å²) in [5, 5.41) is 11.8. The van der Waals surface area contributed by atoms with Gasteiger partial charge in [-0.3, -0.25) is 0 Å². The van der Waals surface area contributed by atoms with E-state index in [2.05, 4.69) is 60.5 Å². The van der Waals surface area contributed by atoms with Gasteiger partial charge in [-0.15, -0.1) is 0 Å². The predicted octanol–water partition coefficient (Wildman–Crippen LogP) is 3.58. The molecule has 0 radical (unpaired) electrons. The Labute approximate surface area is 114 Å². The van der Waals surface area contributed by atoms with E-state index in [1.807, 2.05) is 0 Å². The minimum Gasteiger partial charge on any atom is -0.301 e. The highest BCUT2D eigenvalue weighted by atomic mass is 15.1. The van der Waals surface area contributed by atoms with Crippen molar-refractivity contribution in [2.45, 2.75) is 19.4 Å². The molecule has 1 aliphatic carbocycles. The van der Waals surface area contributed by atoms with Gasteiger partial charge in [0.2, 0.25) is 0 Å². The van der Waals surface area contributed by atoms with E-state index in [0.29, 0.717) is 0 Å². The van der Waals surface area contributed by atoms with Crippen LogP contribution < -0.4 is 0 Å². The highest BCUT2D eigenvalue weighted by Crippen LogP contribution is 2.45. The molecule has 0 N–H and O–H groups in total. The average Bonchev–Trinajstić information content (AvgIpc) is 3.19.